The Labute approximate surface area is 763 Å². The Balaban J connectivity index is 1.47. The number of hydrogen-bond donors (Lipinski definition) is 18. The molecule has 3 aliphatic rings. The molecule has 3 saturated heterocycles. The van der Waals surface area contributed by atoms with Gasteiger partial charge in [-0.15, -0.1) is 0 Å². The Morgan fingerprint density at radius 1 is 0.285 bits per heavy atom. The number of carboxylic acids is 1. The molecule has 3 fully saturated rings. The third kappa shape index (κ3) is 33.7. The number of aliphatic carboxylic acids is 1. The van der Waals surface area contributed by atoms with Crippen LogP contribution in [0.4, 0.5) is 0 Å². The second kappa shape index (κ2) is 46.6. The van der Waals surface area contributed by atoms with Gasteiger partial charge in [0.2, 0.25) is 118 Å². The van der Waals surface area contributed by atoms with Crippen LogP contribution in [-0.4, -0.2) is 280 Å². The fourth-order valence-electron chi connectivity index (χ4n) is 14.3. The predicted octanol–water partition coefficient (Wildman–Crippen LogP) is -0.549. The van der Waals surface area contributed by atoms with Crippen LogP contribution in [0, 0.1) is 0 Å². The van der Waals surface area contributed by atoms with Crippen LogP contribution in [0.2, 0.25) is 0 Å². The Morgan fingerprint density at radius 2 is 0.562 bits per heavy atom. The van der Waals surface area contributed by atoms with Crippen molar-refractivity contribution in [1.29, 1.82) is 0 Å². The number of carboxylic acid groups (broad SMARTS) is 1. The summed E-state index contributed by atoms with van der Waals surface area (Å²) in [5.41, 5.74) is -17.9. The summed E-state index contributed by atoms with van der Waals surface area (Å²) in [6, 6.07) is -6.84. The van der Waals surface area contributed by atoms with Crippen molar-refractivity contribution < 1.29 is 106 Å². The predicted molar refractivity (Wildman–Crippen MR) is 479 cm³/mol. The Kier molecular flexibility index (Phi) is 40.5. The molecule has 0 saturated carbocycles. The molecule has 0 bridgehead atoms. The van der Waals surface area contributed by atoms with Crippen molar-refractivity contribution in [3.05, 3.63) is 0 Å². The molecule has 0 aromatic rings. The third-order valence-electron chi connectivity index (χ3n) is 22.8. The van der Waals surface area contributed by atoms with Gasteiger partial charge in [0.05, 0.1) is 0 Å². The maximum atomic E-state index is 14.4. The highest BCUT2D eigenvalue weighted by Crippen LogP contribution is 2.28. The molecule has 0 aromatic heterocycles. The first-order chi connectivity index (χ1) is 59.5. The molecule has 0 aliphatic carbocycles. The van der Waals surface area contributed by atoms with E-state index in [2.05, 4.69) is 97.3 Å². The van der Waals surface area contributed by atoms with Crippen molar-refractivity contribution in [2.24, 2.45) is 0 Å². The van der Waals surface area contributed by atoms with E-state index in [1.807, 2.05) is 0 Å². The molecule has 0 aromatic carbocycles. The molecule has 42 nitrogen and oxygen atoms in total. The van der Waals surface area contributed by atoms with Crippen molar-refractivity contribution in [1.82, 2.24) is 105 Å². The van der Waals surface area contributed by atoms with Crippen LogP contribution in [0.5, 0.6) is 0 Å². The molecule has 6 atom stereocenters. The van der Waals surface area contributed by atoms with Crippen LogP contribution in [0.3, 0.4) is 0 Å². The summed E-state index contributed by atoms with van der Waals surface area (Å²) in [5, 5.41) is 52.4. The maximum absolute atomic E-state index is 14.4. The third-order valence-corrected chi connectivity index (χ3v) is 22.8. The van der Waals surface area contributed by atoms with Crippen molar-refractivity contribution >= 4 is 124 Å². The monoisotopic (exact) mass is 1840 g/mol. The first-order valence-electron chi connectivity index (χ1n) is 44.9. The molecule has 0 radical (unpaired) electrons. The van der Waals surface area contributed by atoms with Crippen LogP contribution >= 0.6 is 0 Å². The van der Waals surface area contributed by atoms with Crippen LogP contribution in [0.1, 0.15) is 296 Å². The number of nitrogens with zero attached hydrogens (tertiary/aromatic N) is 3. The van der Waals surface area contributed by atoms with Gasteiger partial charge in [-0.3, -0.25) is 101 Å². The number of likely N-dealkylation sites (tertiary alicyclic amines) is 3. The van der Waals surface area contributed by atoms with Gasteiger partial charge in [0.15, 0.2) is 0 Å². The second-order valence-corrected chi connectivity index (χ2v) is 40.1. The zero-order chi connectivity index (χ0) is 99.8. The average Bonchev–Trinajstić information content (AvgIpc) is 1.24. The molecule has 18 N–H and O–H groups in total. The minimum Gasteiger partial charge on any atom is -0.480 e. The summed E-state index contributed by atoms with van der Waals surface area (Å²) in [7, 11) is 0. The van der Waals surface area contributed by atoms with Crippen LogP contribution in [0.25, 0.3) is 0 Å². The lowest BCUT2D eigenvalue weighted by Crippen LogP contribution is -2.67. The summed E-state index contributed by atoms with van der Waals surface area (Å²) in [6.07, 6.45) is 11.3. The highest BCUT2D eigenvalue weighted by atomic mass is 16.4. The van der Waals surface area contributed by atoms with Crippen LogP contribution < -0.4 is 90.4 Å². The smallest absolute Gasteiger partial charge is 0.322 e. The van der Waals surface area contributed by atoms with Crippen molar-refractivity contribution in [2.75, 3.05) is 39.3 Å². The van der Waals surface area contributed by atoms with Gasteiger partial charge < -0.3 is 110 Å². The normalized spacial score (nSPS) is 16.6. The van der Waals surface area contributed by atoms with Crippen LogP contribution in [0.15, 0.2) is 0 Å². The quantitative estimate of drug-likeness (QED) is 0.0340. The van der Waals surface area contributed by atoms with E-state index in [1.165, 1.54) is 206 Å². The minimum absolute atomic E-state index is 0.0900. The van der Waals surface area contributed by atoms with E-state index in [4.69, 9.17) is 5.11 Å². The van der Waals surface area contributed by atoms with Crippen molar-refractivity contribution in [3.63, 3.8) is 0 Å². The lowest BCUT2D eigenvalue weighted by atomic mass is 9.96. The first kappa shape index (κ1) is 113. The molecule has 3 heterocycles. The van der Waals surface area contributed by atoms with Gasteiger partial charge in [-0.2, -0.15) is 0 Å². The molecular formula is C88H150N20O22. The summed E-state index contributed by atoms with van der Waals surface area (Å²) < 4.78 is 0. The number of hydrogen-bond acceptors (Lipinski definition) is 21. The van der Waals surface area contributed by atoms with E-state index < -0.39 is 222 Å². The van der Waals surface area contributed by atoms with E-state index in [1.54, 1.807) is 13.8 Å². The largest absolute Gasteiger partial charge is 0.480 e. The second-order valence-electron chi connectivity index (χ2n) is 40.1. The Bertz CT molecular complexity index is 4200. The molecule has 0 unspecified atom stereocenters. The van der Waals surface area contributed by atoms with E-state index >= 15 is 0 Å². The first-order valence-corrected chi connectivity index (χ1v) is 44.9. The highest BCUT2D eigenvalue weighted by molar-refractivity contribution is 6.05. The zero-order valence-electron chi connectivity index (χ0n) is 81.3. The van der Waals surface area contributed by atoms with Gasteiger partial charge >= 0.3 is 5.97 Å². The fraction of sp³-hybridized carbons (Fsp3) is 0.761. The van der Waals surface area contributed by atoms with Gasteiger partial charge in [-0.1, -0.05) is 58.3 Å². The van der Waals surface area contributed by atoms with Crippen molar-refractivity contribution in [2.45, 2.75) is 393 Å². The Hall–Kier alpha value is -11.1. The van der Waals surface area contributed by atoms with E-state index in [0.29, 0.717) is 32.1 Å². The molecule has 20 amide bonds. The average molecular weight is 1840 g/mol. The van der Waals surface area contributed by atoms with E-state index in [-0.39, 0.29) is 70.7 Å². The van der Waals surface area contributed by atoms with E-state index in [0.717, 1.165) is 19.3 Å². The Morgan fingerprint density at radius 3 is 0.946 bits per heavy atom. The fourth-order valence-corrected chi connectivity index (χ4v) is 14.3. The van der Waals surface area contributed by atoms with Gasteiger partial charge in [0.1, 0.15) is 104 Å². The minimum atomic E-state index is -1.71. The number of rotatable bonds is 49. The lowest BCUT2D eigenvalue weighted by molar-refractivity contribution is -0.148. The van der Waals surface area contributed by atoms with Gasteiger partial charge in [-0.25, -0.2) is 0 Å². The topological polar surface area (TPSA) is 593 Å². The van der Waals surface area contributed by atoms with Crippen LogP contribution in [-0.2, 0) is 101 Å². The molecule has 3 aliphatic heterocycles. The number of amides is 20. The van der Waals surface area contributed by atoms with E-state index in [9.17, 15) is 101 Å². The standard InChI is InChI=1S/C88H150N20O22/c1-27-28-29-30-31-32-33-34-35-42-58(110)96-86(21,22)75(128)107-48-37-40-55(107)65(118)99-84(17,18)73(126)105-88(25,26)77(130)108-49-38-41-56(108)66(119)100-83(15,16)72(125)104-87(23,24)76(129)106-47-36-39-54(106)64(117)93-53(4)63(116)97-78(5,6)67(120)89-45-43-57(109)92-52(3)62(115)98-82(13,14)71(124)101-79(7,8)68(121)90-46-44-59(111)95-81(11,12)70(123)103-85(19,20)74(127)102-80(9,10)69(122)94-51(2)61(114)91-50-60(112)113/h51-56H,27-50H2,1-26H3,(H,89,120)(H,90,121)(H,91,114)(H,92,109)(H,93,117)(H,94,122)(H,95,111)(H,96,110)(H,97,116)(H,98,115)(H,99,118)(H,100,119)(H,101,124)(H,102,127)(H,103,123)(H,104,125)(H,105,126)(H,112,113)/t51-,52-,53-,54-,55-,56-/m0/s1. The lowest BCUT2D eigenvalue weighted by Gasteiger charge is -2.38. The SMILES string of the molecule is CCCCCCCCCCCC(=O)NC(C)(C)C(=O)N1CCC[C@H]1C(=O)NC(C)(C)C(=O)NC(C)(C)C(=O)N1CCC[C@H]1C(=O)NC(C)(C)C(=O)NC(C)(C)C(=O)N1CCC[C@H]1C(=O)N[C@@H](C)C(=O)NC(C)(C)C(=O)NCCC(=O)N[C@@H](C)C(=O)NC(C)(C)C(=O)NC(C)(C)C(=O)NCCC(=O)NC(C)(C)C(=O)NC(C)(C)C(=O)NC(C)(C)C(=O)N[C@@H](C)C(=O)NCC(=O)O. The molecular weight excluding hydrogens is 1690 g/mol. The summed E-state index contributed by atoms with van der Waals surface area (Å²) >= 11 is 0. The van der Waals surface area contributed by atoms with Gasteiger partial charge in [0.25, 0.3) is 0 Å². The van der Waals surface area contributed by atoms with Gasteiger partial charge in [-0.05, 0) is 218 Å². The molecule has 734 valence electrons. The molecule has 3 rings (SSSR count). The van der Waals surface area contributed by atoms with Gasteiger partial charge in [0, 0.05) is 52.0 Å². The van der Waals surface area contributed by atoms with Crippen molar-refractivity contribution in [3.8, 4) is 0 Å². The highest BCUT2D eigenvalue weighted by Gasteiger charge is 2.51. The molecule has 42 heteroatoms. The summed E-state index contributed by atoms with van der Waals surface area (Å²) in [4.78, 5) is 287. The summed E-state index contributed by atoms with van der Waals surface area (Å²) in [5.74, 6) is -15.4. The zero-order valence-corrected chi connectivity index (χ0v) is 81.3. The number of nitrogens with one attached hydrogen (secondary N) is 17. The maximum Gasteiger partial charge on any atom is 0.322 e. The number of carbonyl (C=O) groups excluding carboxylic acids is 20. The molecule has 130 heavy (non-hydrogen) atoms. The molecule has 0 spiro atoms. The number of carbonyl (C=O) groups is 21. The summed E-state index contributed by atoms with van der Waals surface area (Å²) in [6.45, 7) is 36.2. The number of unbranched alkanes of at least 4 members (excludes halogenated alkanes) is 8.